The van der Waals surface area contributed by atoms with E-state index in [2.05, 4.69) is 10.1 Å². The molecule has 8 heteroatoms. The van der Waals surface area contributed by atoms with E-state index in [-0.39, 0.29) is 17.2 Å². The third kappa shape index (κ3) is 2.56. The van der Waals surface area contributed by atoms with Gasteiger partial charge in [-0.15, -0.1) is 0 Å². The molecule has 0 amide bonds. The van der Waals surface area contributed by atoms with Crippen LogP contribution in [0.25, 0.3) is 5.82 Å². The smallest absolute Gasteiger partial charge is 0.384 e. The number of nitrogens with one attached hydrogen (secondary N) is 1. The van der Waals surface area contributed by atoms with Crippen molar-refractivity contribution < 1.29 is 13.2 Å². The molecule has 2 aromatic rings. The van der Waals surface area contributed by atoms with Crippen LogP contribution in [-0.2, 0) is 6.18 Å². The summed E-state index contributed by atoms with van der Waals surface area (Å²) in [5.74, 6) is -0.486. The fraction of sp³-hybridized carbons (Fsp3) is 0.182. The van der Waals surface area contributed by atoms with Crippen molar-refractivity contribution in [3.63, 3.8) is 0 Å². The van der Waals surface area contributed by atoms with Crippen LogP contribution < -0.4 is 5.73 Å². The third-order valence-electron chi connectivity index (χ3n) is 2.40. The number of nitrogen functional groups attached to an aromatic ring is 1. The molecule has 0 atom stereocenters. The maximum Gasteiger partial charge on any atom is 0.433 e. The molecule has 0 spiro atoms. The first-order valence-corrected chi connectivity index (χ1v) is 5.24. The maximum atomic E-state index is 12.6. The molecule has 0 saturated heterocycles. The van der Waals surface area contributed by atoms with Crippen LogP contribution in [0.4, 0.5) is 13.2 Å². The van der Waals surface area contributed by atoms with Crippen LogP contribution in [-0.4, -0.2) is 20.6 Å². The Balaban J connectivity index is 2.64. The quantitative estimate of drug-likeness (QED) is 0.645. The van der Waals surface area contributed by atoms with Crippen molar-refractivity contribution in [1.82, 2.24) is 14.8 Å². The number of hydrogen-bond acceptors (Lipinski definition) is 3. The highest BCUT2D eigenvalue weighted by atomic mass is 19.4. The standard InChI is InChI=1S/C11H10F3N5/c1-6-4-5-19(18-6)10-7(9(15)16)2-3-8(17-10)11(12,13)14/h2-5H,1H3,(H3,15,16). The molecule has 0 unspecified atom stereocenters. The lowest BCUT2D eigenvalue weighted by atomic mass is 10.2. The van der Waals surface area contributed by atoms with E-state index in [4.69, 9.17) is 11.1 Å². The summed E-state index contributed by atoms with van der Waals surface area (Å²) in [4.78, 5) is 3.50. The average Bonchev–Trinajstić information content (AvgIpc) is 2.73. The van der Waals surface area contributed by atoms with Crippen LogP contribution in [0.5, 0.6) is 0 Å². The zero-order chi connectivity index (χ0) is 14.2. The van der Waals surface area contributed by atoms with Gasteiger partial charge in [-0.1, -0.05) is 0 Å². The molecule has 2 rings (SSSR count). The molecule has 2 heterocycles. The summed E-state index contributed by atoms with van der Waals surface area (Å²) in [7, 11) is 0. The molecule has 0 bridgehead atoms. The van der Waals surface area contributed by atoms with Gasteiger partial charge in [0.05, 0.1) is 11.3 Å². The highest BCUT2D eigenvalue weighted by Gasteiger charge is 2.33. The molecular formula is C11H10F3N5. The summed E-state index contributed by atoms with van der Waals surface area (Å²) in [5, 5.41) is 11.4. The van der Waals surface area contributed by atoms with Gasteiger partial charge in [-0.05, 0) is 25.1 Å². The van der Waals surface area contributed by atoms with Crippen LogP contribution in [0.1, 0.15) is 17.0 Å². The van der Waals surface area contributed by atoms with E-state index in [1.54, 1.807) is 13.0 Å². The third-order valence-corrected chi connectivity index (χ3v) is 2.40. The Kier molecular flexibility index (Phi) is 3.01. The minimum absolute atomic E-state index is 0.0936. The second-order valence-electron chi connectivity index (χ2n) is 3.88. The van der Waals surface area contributed by atoms with E-state index in [1.165, 1.54) is 10.9 Å². The van der Waals surface area contributed by atoms with Crippen molar-refractivity contribution in [2.75, 3.05) is 0 Å². The van der Waals surface area contributed by atoms with Gasteiger partial charge in [-0.25, -0.2) is 9.67 Å². The van der Waals surface area contributed by atoms with Gasteiger partial charge in [0.2, 0.25) is 0 Å². The van der Waals surface area contributed by atoms with Crippen molar-refractivity contribution in [2.45, 2.75) is 13.1 Å². The Labute approximate surface area is 106 Å². The lowest BCUT2D eigenvalue weighted by molar-refractivity contribution is -0.141. The largest absolute Gasteiger partial charge is 0.433 e. The lowest BCUT2D eigenvalue weighted by Crippen LogP contribution is -2.19. The van der Waals surface area contributed by atoms with Crippen LogP contribution in [0, 0.1) is 12.3 Å². The fourth-order valence-corrected chi connectivity index (χ4v) is 1.52. The summed E-state index contributed by atoms with van der Waals surface area (Å²) in [6, 6.07) is 3.52. The molecule has 3 N–H and O–H groups in total. The number of rotatable bonds is 2. The minimum atomic E-state index is -4.56. The van der Waals surface area contributed by atoms with Gasteiger partial charge in [0.1, 0.15) is 11.5 Å². The normalized spacial score (nSPS) is 11.6. The van der Waals surface area contributed by atoms with Gasteiger partial charge in [-0.2, -0.15) is 18.3 Å². The monoisotopic (exact) mass is 269 g/mol. The number of nitrogens with zero attached hydrogens (tertiary/aromatic N) is 3. The number of hydrogen-bond donors (Lipinski definition) is 2. The van der Waals surface area contributed by atoms with Crippen LogP contribution in [0.15, 0.2) is 24.4 Å². The van der Waals surface area contributed by atoms with E-state index in [0.29, 0.717) is 5.69 Å². The minimum Gasteiger partial charge on any atom is -0.384 e. The predicted octanol–water partition coefficient (Wildman–Crippen LogP) is 1.88. The number of pyridine rings is 1. The SMILES string of the molecule is Cc1ccn(-c2nc(C(F)(F)F)ccc2C(=N)N)n1. The maximum absolute atomic E-state index is 12.6. The van der Waals surface area contributed by atoms with E-state index >= 15 is 0 Å². The molecule has 100 valence electrons. The Hall–Kier alpha value is -2.38. The van der Waals surface area contributed by atoms with Crippen molar-refractivity contribution in [3.05, 3.63) is 41.3 Å². The second kappa shape index (κ2) is 4.38. The summed E-state index contributed by atoms with van der Waals surface area (Å²) < 4.78 is 39.1. The second-order valence-corrected chi connectivity index (χ2v) is 3.88. The van der Waals surface area contributed by atoms with Crippen molar-refractivity contribution >= 4 is 5.84 Å². The first-order chi connectivity index (χ1) is 8.79. The van der Waals surface area contributed by atoms with Crippen molar-refractivity contribution in [2.24, 2.45) is 5.73 Å². The Bertz CT molecular complexity index is 630. The Morgan fingerprint density at radius 2 is 2.00 bits per heavy atom. The molecule has 0 aliphatic heterocycles. The number of alkyl halides is 3. The van der Waals surface area contributed by atoms with Crippen LogP contribution >= 0.6 is 0 Å². The molecule has 0 fully saturated rings. The average molecular weight is 269 g/mol. The topological polar surface area (TPSA) is 80.6 Å². The highest BCUT2D eigenvalue weighted by molar-refractivity contribution is 5.97. The van der Waals surface area contributed by atoms with Gasteiger partial charge in [0.25, 0.3) is 0 Å². The molecule has 0 aromatic carbocycles. The van der Waals surface area contributed by atoms with Gasteiger partial charge in [-0.3, -0.25) is 5.41 Å². The summed E-state index contributed by atoms with van der Waals surface area (Å²) in [6.45, 7) is 1.69. The van der Waals surface area contributed by atoms with Crippen LogP contribution in [0.2, 0.25) is 0 Å². The molecule has 0 aliphatic rings. The molecule has 19 heavy (non-hydrogen) atoms. The number of aryl methyl sites for hydroxylation is 1. The number of nitrogens with two attached hydrogens (primary N) is 1. The molecule has 2 aromatic heterocycles. The van der Waals surface area contributed by atoms with E-state index in [1.807, 2.05) is 0 Å². The number of aromatic nitrogens is 3. The molecule has 0 radical (unpaired) electrons. The van der Waals surface area contributed by atoms with E-state index in [0.717, 1.165) is 12.1 Å². The Morgan fingerprint density at radius 1 is 1.32 bits per heavy atom. The lowest BCUT2D eigenvalue weighted by Gasteiger charge is -2.11. The molecule has 0 saturated carbocycles. The van der Waals surface area contributed by atoms with Crippen molar-refractivity contribution in [1.29, 1.82) is 5.41 Å². The summed E-state index contributed by atoms with van der Waals surface area (Å²) in [6.07, 6.45) is -3.10. The number of halogens is 3. The van der Waals surface area contributed by atoms with Gasteiger partial charge >= 0.3 is 6.18 Å². The zero-order valence-electron chi connectivity index (χ0n) is 9.86. The Morgan fingerprint density at radius 3 is 2.47 bits per heavy atom. The zero-order valence-corrected chi connectivity index (χ0v) is 9.86. The van der Waals surface area contributed by atoms with Crippen LogP contribution in [0.3, 0.4) is 0 Å². The predicted molar refractivity (Wildman–Crippen MR) is 62.1 cm³/mol. The summed E-state index contributed by atoms with van der Waals surface area (Å²) >= 11 is 0. The number of amidine groups is 1. The van der Waals surface area contributed by atoms with E-state index < -0.39 is 11.9 Å². The first kappa shape index (κ1) is 13.1. The van der Waals surface area contributed by atoms with E-state index in [9.17, 15) is 13.2 Å². The molecule has 5 nitrogen and oxygen atoms in total. The van der Waals surface area contributed by atoms with Gasteiger partial charge < -0.3 is 5.73 Å². The van der Waals surface area contributed by atoms with Crippen molar-refractivity contribution in [3.8, 4) is 5.82 Å². The van der Waals surface area contributed by atoms with Gasteiger partial charge in [0, 0.05) is 6.20 Å². The molecular weight excluding hydrogens is 259 g/mol. The highest BCUT2D eigenvalue weighted by Crippen LogP contribution is 2.28. The first-order valence-electron chi connectivity index (χ1n) is 5.24. The fourth-order valence-electron chi connectivity index (χ4n) is 1.52. The summed E-state index contributed by atoms with van der Waals surface area (Å²) in [5.41, 5.74) is 5.00. The van der Waals surface area contributed by atoms with Gasteiger partial charge in [0.15, 0.2) is 5.82 Å². The molecule has 0 aliphatic carbocycles.